The number of imide groups is 1. The van der Waals surface area contributed by atoms with E-state index in [1.807, 2.05) is 0 Å². The maximum absolute atomic E-state index is 12.6. The van der Waals surface area contributed by atoms with Crippen LogP contribution in [0.5, 0.6) is 0 Å². The molecule has 8 nitrogen and oxygen atoms in total. The number of carbonyl (C=O) groups is 3. The smallest absolute Gasteiger partial charge is 0.327 e. The average molecular weight is 338 g/mol. The van der Waals surface area contributed by atoms with Crippen LogP contribution < -0.4 is 4.90 Å². The van der Waals surface area contributed by atoms with Crippen molar-refractivity contribution in [2.75, 3.05) is 11.4 Å². The molecule has 2 aliphatic rings. The molecule has 8 heteroatoms. The quantitative estimate of drug-likeness (QED) is 0.776. The van der Waals surface area contributed by atoms with E-state index >= 15 is 0 Å². The van der Waals surface area contributed by atoms with E-state index in [1.54, 1.807) is 35.5 Å². The molecule has 2 amide bonds. The van der Waals surface area contributed by atoms with E-state index in [0.29, 0.717) is 24.0 Å². The minimum atomic E-state index is -0.667. The van der Waals surface area contributed by atoms with Crippen molar-refractivity contribution in [2.24, 2.45) is 0 Å². The molecular weight excluding hydrogens is 324 g/mol. The van der Waals surface area contributed by atoms with E-state index in [0.717, 1.165) is 6.42 Å². The molecule has 2 aromatic rings. The number of hydroxylamine groups is 2. The molecule has 1 saturated heterocycles. The van der Waals surface area contributed by atoms with Gasteiger partial charge in [0.1, 0.15) is 6.04 Å². The molecule has 0 aliphatic carbocycles. The van der Waals surface area contributed by atoms with Crippen LogP contribution in [-0.2, 0) is 9.63 Å². The van der Waals surface area contributed by atoms with E-state index in [1.165, 1.54) is 12.1 Å². The summed E-state index contributed by atoms with van der Waals surface area (Å²) < 4.78 is 0. The predicted molar refractivity (Wildman–Crippen MR) is 85.4 cm³/mol. The molecule has 0 bridgehead atoms. The first kappa shape index (κ1) is 15.3. The topological polar surface area (TPSA) is 92.7 Å². The number of carbonyl (C=O) groups excluding carboxylic acids is 3. The van der Waals surface area contributed by atoms with E-state index in [2.05, 4.69) is 9.97 Å². The molecule has 0 saturated carbocycles. The number of amides is 2. The third-order valence-corrected chi connectivity index (χ3v) is 4.27. The second-order valence-corrected chi connectivity index (χ2v) is 5.76. The molecule has 25 heavy (non-hydrogen) atoms. The molecule has 1 aromatic heterocycles. The van der Waals surface area contributed by atoms with Gasteiger partial charge in [-0.3, -0.25) is 9.59 Å². The third-order valence-electron chi connectivity index (χ3n) is 4.27. The second kappa shape index (κ2) is 5.97. The fourth-order valence-electron chi connectivity index (χ4n) is 3.09. The van der Waals surface area contributed by atoms with Crippen LogP contribution in [0.2, 0.25) is 0 Å². The Morgan fingerprint density at radius 2 is 1.68 bits per heavy atom. The number of benzene rings is 1. The van der Waals surface area contributed by atoms with Crippen LogP contribution in [-0.4, -0.2) is 45.4 Å². The standard InChI is InChI=1S/C17H14N4O4/c22-14-11-5-1-2-6-12(11)15(23)21(14)25-16(24)13-7-3-10-20(13)17-18-8-4-9-19-17/h1-2,4-6,8-9,13H,3,7,10H2. The zero-order chi connectivity index (χ0) is 17.4. The van der Waals surface area contributed by atoms with E-state index in [-0.39, 0.29) is 11.1 Å². The molecule has 0 N–H and O–H groups in total. The van der Waals surface area contributed by atoms with Crippen molar-refractivity contribution in [1.29, 1.82) is 0 Å². The Morgan fingerprint density at radius 1 is 1.04 bits per heavy atom. The van der Waals surface area contributed by atoms with E-state index < -0.39 is 23.8 Å². The first-order chi connectivity index (χ1) is 12.2. The zero-order valence-corrected chi connectivity index (χ0v) is 13.2. The largest absolute Gasteiger partial charge is 0.355 e. The minimum absolute atomic E-state index is 0.231. The van der Waals surface area contributed by atoms with E-state index in [4.69, 9.17) is 4.84 Å². The molecule has 3 heterocycles. The van der Waals surface area contributed by atoms with Crippen molar-refractivity contribution in [3.63, 3.8) is 0 Å². The number of hydrogen-bond donors (Lipinski definition) is 0. The number of fused-ring (bicyclic) bond motifs is 1. The molecule has 1 aromatic carbocycles. The maximum Gasteiger partial charge on any atom is 0.355 e. The summed E-state index contributed by atoms with van der Waals surface area (Å²) in [4.78, 5) is 52.3. The van der Waals surface area contributed by atoms with Crippen LogP contribution in [0.4, 0.5) is 5.95 Å². The van der Waals surface area contributed by atoms with Gasteiger partial charge < -0.3 is 9.74 Å². The lowest BCUT2D eigenvalue weighted by atomic mass is 10.1. The van der Waals surface area contributed by atoms with Crippen molar-refractivity contribution < 1.29 is 19.2 Å². The predicted octanol–water partition coefficient (Wildman–Crippen LogP) is 1.20. The van der Waals surface area contributed by atoms with Gasteiger partial charge in [-0.15, -0.1) is 0 Å². The summed E-state index contributed by atoms with van der Waals surface area (Å²) >= 11 is 0. The fraction of sp³-hybridized carbons (Fsp3) is 0.235. The fourth-order valence-corrected chi connectivity index (χ4v) is 3.09. The van der Waals surface area contributed by atoms with Gasteiger partial charge in [0, 0.05) is 18.9 Å². The number of nitrogens with zero attached hydrogens (tertiary/aromatic N) is 4. The van der Waals surface area contributed by atoms with Gasteiger partial charge in [0.05, 0.1) is 11.1 Å². The van der Waals surface area contributed by atoms with Gasteiger partial charge in [0.2, 0.25) is 5.95 Å². The summed E-state index contributed by atoms with van der Waals surface area (Å²) in [7, 11) is 0. The number of rotatable bonds is 3. The summed E-state index contributed by atoms with van der Waals surface area (Å²) in [5.74, 6) is -1.51. The van der Waals surface area contributed by atoms with Crippen LogP contribution in [0.1, 0.15) is 33.6 Å². The molecule has 4 rings (SSSR count). The molecular formula is C17H14N4O4. The molecule has 126 valence electrons. The molecule has 0 spiro atoms. The van der Waals surface area contributed by atoms with Gasteiger partial charge in [-0.1, -0.05) is 17.2 Å². The zero-order valence-electron chi connectivity index (χ0n) is 13.2. The van der Waals surface area contributed by atoms with Crippen molar-refractivity contribution in [3.8, 4) is 0 Å². The number of aromatic nitrogens is 2. The van der Waals surface area contributed by atoms with Gasteiger partial charge >= 0.3 is 5.97 Å². The highest BCUT2D eigenvalue weighted by atomic mass is 16.7. The Balaban J connectivity index is 1.53. The minimum Gasteiger partial charge on any atom is -0.327 e. The maximum atomic E-state index is 12.6. The van der Waals surface area contributed by atoms with Crippen LogP contribution in [0.25, 0.3) is 0 Å². The lowest BCUT2D eigenvalue weighted by Gasteiger charge is -2.24. The second-order valence-electron chi connectivity index (χ2n) is 5.76. The van der Waals surface area contributed by atoms with E-state index in [9.17, 15) is 14.4 Å². The summed E-state index contributed by atoms with van der Waals surface area (Å²) in [6.45, 7) is 0.603. The average Bonchev–Trinajstić information content (AvgIpc) is 3.23. The Hall–Kier alpha value is -3.29. The summed E-state index contributed by atoms with van der Waals surface area (Å²) in [5.41, 5.74) is 0.463. The first-order valence-corrected chi connectivity index (χ1v) is 7.90. The lowest BCUT2D eigenvalue weighted by molar-refractivity contribution is -0.170. The van der Waals surface area contributed by atoms with Crippen LogP contribution in [0.3, 0.4) is 0 Å². The van der Waals surface area contributed by atoms with Crippen LogP contribution in [0, 0.1) is 0 Å². The Kier molecular flexibility index (Phi) is 3.64. The molecule has 1 atom stereocenters. The highest BCUT2D eigenvalue weighted by Gasteiger charge is 2.42. The summed E-state index contributed by atoms with van der Waals surface area (Å²) in [6, 6.07) is 7.42. The number of anilines is 1. The van der Waals surface area contributed by atoms with Crippen molar-refractivity contribution >= 4 is 23.7 Å². The normalized spacial score (nSPS) is 19.3. The first-order valence-electron chi connectivity index (χ1n) is 7.90. The highest BCUT2D eigenvalue weighted by Crippen LogP contribution is 2.26. The molecule has 2 aliphatic heterocycles. The van der Waals surface area contributed by atoms with Crippen LogP contribution in [0.15, 0.2) is 42.7 Å². The van der Waals surface area contributed by atoms with Gasteiger partial charge in [-0.05, 0) is 31.0 Å². The molecule has 1 fully saturated rings. The van der Waals surface area contributed by atoms with Crippen molar-refractivity contribution in [1.82, 2.24) is 15.0 Å². The Labute approximate surface area is 143 Å². The molecule has 0 radical (unpaired) electrons. The van der Waals surface area contributed by atoms with Gasteiger partial charge in [-0.2, -0.15) is 0 Å². The SMILES string of the molecule is O=C(ON1C(=O)c2ccccc2C1=O)C1CCCN1c1ncccn1. The molecule has 1 unspecified atom stereocenters. The Morgan fingerprint density at radius 3 is 2.32 bits per heavy atom. The monoisotopic (exact) mass is 338 g/mol. The van der Waals surface area contributed by atoms with Gasteiger partial charge in [-0.25, -0.2) is 14.8 Å². The summed E-state index contributed by atoms with van der Waals surface area (Å²) in [6.07, 6.45) is 4.49. The number of hydrogen-bond acceptors (Lipinski definition) is 7. The third kappa shape index (κ3) is 2.51. The Bertz CT molecular complexity index is 820. The lowest BCUT2D eigenvalue weighted by Crippen LogP contribution is -2.43. The highest BCUT2D eigenvalue weighted by molar-refractivity contribution is 6.20. The van der Waals surface area contributed by atoms with Gasteiger partial charge in [0.15, 0.2) is 0 Å². The van der Waals surface area contributed by atoms with Gasteiger partial charge in [0.25, 0.3) is 11.8 Å². The van der Waals surface area contributed by atoms with Crippen LogP contribution >= 0.6 is 0 Å². The van der Waals surface area contributed by atoms with Crippen molar-refractivity contribution in [3.05, 3.63) is 53.9 Å². The summed E-state index contributed by atoms with van der Waals surface area (Å²) in [5, 5.41) is 0.537. The van der Waals surface area contributed by atoms with Crippen molar-refractivity contribution in [2.45, 2.75) is 18.9 Å².